The molecular weight excluding hydrogens is 353 g/mol. The third-order valence-electron chi connectivity index (χ3n) is 2.74. The molecule has 0 saturated carbocycles. The van der Waals surface area contributed by atoms with Crippen LogP contribution in [0.15, 0.2) is 12.3 Å². The van der Waals surface area contributed by atoms with Crippen LogP contribution in [0.2, 0.25) is 0 Å². The molecule has 0 atom stereocenters. The van der Waals surface area contributed by atoms with E-state index in [1.807, 2.05) is 19.3 Å². The van der Waals surface area contributed by atoms with Gasteiger partial charge in [0.05, 0.1) is 9.26 Å². The fourth-order valence-corrected chi connectivity index (χ4v) is 2.55. The second kappa shape index (κ2) is 6.31. The number of nitrogens with zero attached hydrogens (tertiary/aromatic N) is 4. The Hall–Kier alpha value is -1.18. The first-order valence-electron chi connectivity index (χ1n) is 6.46. The lowest BCUT2D eigenvalue weighted by Gasteiger charge is -2.11. The summed E-state index contributed by atoms with van der Waals surface area (Å²) in [6.45, 7) is 5.16. The van der Waals surface area contributed by atoms with Crippen molar-refractivity contribution in [2.45, 2.75) is 26.7 Å². The van der Waals surface area contributed by atoms with Gasteiger partial charge in [-0.3, -0.25) is 4.68 Å². The fourth-order valence-electron chi connectivity index (χ4n) is 1.74. The van der Waals surface area contributed by atoms with Crippen molar-refractivity contribution in [2.24, 2.45) is 7.05 Å². The van der Waals surface area contributed by atoms with E-state index in [-0.39, 0.29) is 0 Å². The van der Waals surface area contributed by atoms with Crippen molar-refractivity contribution in [3.8, 4) is 11.5 Å². The van der Waals surface area contributed by atoms with E-state index in [1.165, 1.54) is 0 Å². The maximum Gasteiger partial charge on any atom is 0.182 e. The van der Waals surface area contributed by atoms with E-state index in [0.717, 1.165) is 40.2 Å². The Morgan fingerprint density at radius 2 is 2.11 bits per heavy atom. The minimum absolute atomic E-state index is 0.691. The highest BCUT2D eigenvalue weighted by Crippen LogP contribution is 2.23. The van der Waals surface area contributed by atoms with E-state index in [1.54, 1.807) is 4.68 Å². The highest BCUT2D eigenvalue weighted by molar-refractivity contribution is 14.1. The van der Waals surface area contributed by atoms with Crippen LogP contribution < -0.4 is 5.32 Å². The molecule has 0 amide bonds. The molecule has 1 N–H and O–H groups in total. The zero-order valence-corrected chi connectivity index (χ0v) is 13.6. The van der Waals surface area contributed by atoms with Crippen molar-refractivity contribution in [2.75, 3.05) is 11.9 Å². The van der Waals surface area contributed by atoms with Crippen LogP contribution in [-0.4, -0.2) is 26.3 Å². The van der Waals surface area contributed by atoms with Gasteiger partial charge in [-0.2, -0.15) is 5.10 Å². The van der Waals surface area contributed by atoms with Crippen molar-refractivity contribution in [1.29, 1.82) is 0 Å². The van der Waals surface area contributed by atoms with E-state index in [9.17, 15) is 0 Å². The molecule has 0 aromatic carbocycles. The van der Waals surface area contributed by atoms with Crippen molar-refractivity contribution in [3.63, 3.8) is 0 Å². The summed E-state index contributed by atoms with van der Waals surface area (Å²) in [4.78, 5) is 9.21. The summed E-state index contributed by atoms with van der Waals surface area (Å²) in [6.07, 6.45) is 3.86. The molecule has 0 aliphatic heterocycles. The fraction of sp³-hybridized carbons (Fsp3) is 0.462. The summed E-state index contributed by atoms with van der Waals surface area (Å²) in [5.41, 5.74) is 1.88. The third-order valence-corrected chi connectivity index (χ3v) is 3.87. The van der Waals surface area contributed by atoms with E-state index in [4.69, 9.17) is 0 Å². The Labute approximate surface area is 127 Å². The summed E-state index contributed by atoms with van der Waals surface area (Å²) >= 11 is 2.31. The monoisotopic (exact) mass is 371 g/mol. The molecule has 0 aliphatic carbocycles. The van der Waals surface area contributed by atoms with E-state index >= 15 is 0 Å². The molecule has 0 unspecified atom stereocenters. The highest BCUT2D eigenvalue weighted by atomic mass is 127. The van der Waals surface area contributed by atoms with Crippen LogP contribution >= 0.6 is 22.6 Å². The minimum atomic E-state index is 0.691. The maximum atomic E-state index is 4.61. The molecule has 2 aromatic heterocycles. The summed E-state index contributed by atoms with van der Waals surface area (Å²) in [6, 6.07) is 1.94. The van der Waals surface area contributed by atoms with Crippen LogP contribution in [0.1, 0.15) is 26.0 Å². The van der Waals surface area contributed by atoms with Crippen LogP contribution in [0.4, 0.5) is 5.82 Å². The van der Waals surface area contributed by atoms with Crippen molar-refractivity contribution in [1.82, 2.24) is 19.7 Å². The average Bonchev–Trinajstić information content (AvgIpc) is 2.84. The van der Waals surface area contributed by atoms with Gasteiger partial charge in [0.25, 0.3) is 0 Å². The standard InChI is InChI=1S/C13H18IN5/c1-4-7-15-13-11(14)9(5-2)16-12(17-13)10-6-8-19(3)18-10/h6,8H,4-5,7H2,1-3H3,(H,15,16,17). The van der Waals surface area contributed by atoms with Crippen LogP contribution in [0.5, 0.6) is 0 Å². The quantitative estimate of drug-likeness (QED) is 0.822. The van der Waals surface area contributed by atoms with Gasteiger partial charge in [0.15, 0.2) is 5.82 Å². The van der Waals surface area contributed by atoms with Crippen molar-refractivity contribution in [3.05, 3.63) is 21.5 Å². The Morgan fingerprint density at radius 1 is 1.32 bits per heavy atom. The van der Waals surface area contributed by atoms with Crippen LogP contribution in [0, 0.1) is 3.57 Å². The molecule has 0 saturated heterocycles. The Balaban J connectivity index is 2.44. The second-order valence-electron chi connectivity index (χ2n) is 4.31. The van der Waals surface area contributed by atoms with Gasteiger partial charge < -0.3 is 5.32 Å². The third kappa shape index (κ3) is 3.23. The Bertz CT molecular complexity index is 564. The summed E-state index contributed by atoms with van der Waals surface area (Å²) < 4.78 is 2.87. The normalized spacial score (nSPS) is 10.7. The van der Waals surface area contributed by atoms with Gasteiger partial charge in [0.2, 0.25) is 0 Å². The first kappa shape index (κ1) is 14.2. The average molecular weight is 371 g/mol. The van der Waals surface area contributed by atoms with E-state index in [2.05, 4.69) is 56.8 Å². The number of aromatic nitrogens is 4. The van der Waals surface area contributed by atoms with Gasteiger partial charge in [0, 0.05) is 19.8 Å². The topological polar surface area (TPSA) is 55.6 Å². The first-order valence-corrected chi connectivity index (χ1v) is 7.53. The molecule has 0 radical (unpaired) electrons. The molecule has 0 aliphatic rings. The van der Waals surface area contributed by atoms with Crippen LogP contribution in [0.3, 0.4) is 0 Å². The van der Waals surface area contributed by atoms with Gasteiger partial charge in [0.1, 0.15) is 11.5 Å². The molecule has 0 fully saturated rings. The molecule has 102 valence electrons. The number of aryl methyl sites for hydroxylation is 2. The van der Waals surface area contributed by atoms with Gasteiger partial charge in [-0.15, -0.1) is 0 Å². The van der Waals surface area contributed by atoms with E-state index < -0.39 is 0 Å². The van der Waals surface area contributed by atoms with E-state index in [0.29, 0.717) is 5.82 Å². The lowest BCUT2D eigenvalue weighted by Crippen LogP contribution is -2.09. The number of anilines is 1. The van der Waals surface area contributed by atoms with Crippen LogP contribution in [0.25, 0.3) is 11.5 Å². The summed E-state index contributed by atoms with van der Waals surface area (Å²) in [5, 5.41) is 7.73. The lowest BCUT2D eigenvalue weighted by molar-refractivity contribution is 0.768. The molecule has 2 heterocycles. The molecule has 2 aromatic rings. The zero-order chi connectivity index (χ0) is 13.8. The molecule has 5 nitrogen and oxygen atoms in total. The Morgan fingerprint density at radius 3 is 2.68 bits per heavy atom. The maximum absolute atomic E-state index is 4.61. The predicted octanol–water partition coefficient (Wildman–Crippen LogP) is 2.87. The molecule has 19 heavy (non-hydrogen) atoms. The largest absolute Gasteiger partial charge is 0.369 e. The number of hydrogen-bond acceptors (Lipinski definition) is 4. The smallest absolute Gasteiger partial charge is 0.182 e. The molecule has 0 bridgehead atoms. The van der Waals surface area contributed by atoms with Crippen molar-refractivity contribution >= 4 is 28.4 Å². The predicted molar refractivity (Wildman–Crippen MR) is 85.1 cm³/mol. The minimum Gasteiger partial charge on any atom is -0.369 e. The number of halogens is 1. The SMILES string of the molecule is CCCNc1nc(-c2ccn(C)n2)nc(CC)c1I. The number of rotatable bonds is 5. The molecule has 0 spiro atoms. The number of hydrogen-bond donors (Lipinski definition) is 1. The Kier molecular flexibility index (Phi) is 4.73. The summed E-state index contributed by atoms with van der Waals surface area (Å²) in [7, 11) is 1.90. The molecular formula is C13H18IN5. The lowest BCUT2D eigenvalue weighted by atomic mass is 10.3. The van der Waals surface area contributed by atoms with Crippen molar-refractivity contribution < 1.29 is 0 Å². The molecule has 6 heteroatoms. The second-order valence-corrected chi connectivity index (χ2v) is 5.39. The van der Waals surface area contributed by atoms with Gasteiger partial charge in [-0.1, -0.05) is 13.8 Å². The first-order chi connectivity index (χ1) is 9.15. The summed E-state index contributed by atoms with van der Waals surface area (Å²) in [5.74, 6) is 1.60. The van der Waals surface area contributed by atoms with Gasteiger partial charge in [-0.25, -0.2) is 9.97 Å². The van der Waals surface area contributed by atoms with Crippen LogP contribution in [-0.2, 0) is 13.5 Å². The molecule has 2 rings (SSSR count). The van der Waals surface area contributed by atoms with Gasteiger partial charge in [-0.05, 0) is 41.5 Å². The number of nitrogens with one attached hydrogen (secondary N) is 1. The highest BCUT2D eigenvalue weighted by Gasteiger charge is 2.13. The zero-order valence-electron chi connectivity index (χ0n) is 11.4. The van der Waals surface area contributed by atoms with Gasteiger partial charge >= 0.3 is 0 Å².